The lowest BCUT2D eigenvalue weighted by molar-refractivity contribution is 0.104. The van der Waals surface area contributed by atoms with Crippen molar-refractivity contribution in [2.45, 2.75) is 32.1 Å². The zero-order valence-corrected chi connectivity index (χ0v) is 23.5. The van der Waals surface area contributed by atoms with E-state index in [9.17, 15) is 14.6 Å². The Kier molecular flexibility index (Phi) is 10.8. The summed E-state index contributed by atoms with van der Waals surface area (Å²) in [6.07, 6.45) is -0.252. The molecule has 3 atom stereocenters. The Balaban J connectivity index is 1.14. The summed E-state index contributed by atoms with van der Waals surface area (Å²) in [6, 6.07) is 33.5. The van der Waals surface area contributed by atoms with Crippen LogP contribution in [0.15, 0.2) is 109 Å². The van der Waals surface area contributed by atoms with Gasteiger partial charge in [-0.05, 0) is 73.0 Å². The monoisotopic (exact) mass is 561 g/mol. The summed E-state index contributed by atoms with van der Waals surface area (Å²) in [7, 11) is -3.63. The van der Waals surface area contributed by atoms with Crippen LogP contribution in [0.2, 0.25) is 0 Å². The molecule has 210 valence electrons. The van der Waals surface area contributed by atoms with E-state index in [1.54, 1.807) is 24.3 Å². The summed E-state index contributed by atoms with van der Waals surface area (Å²) in [5.74, 6) is 1.97. The minimum atomic E-state index is -3.63. The number of nitrogens with one attached hydrogen (secondary N) is 1. The Morgan fingerprint density at radius 2 is 1.30 bits per heavy atom. The second-order valence-electron chi connectivity index (χ2n) is 9.68. The number of benzene rings is 4. The van der Waals surface area contributed by atoms with Gasteiger partial charge in [0.2, 0.25) is 0 Å². The Labute approximate surface area is 235 Å². The predicted octanol–water partition coefficient (Wildman–Crippen LogP) is 5.16. The smallest absolute Gasteiger partial charge is 0.265 e. The molecule has 40 heavy (non-hydrogen) atoms. The quantitative estimate of drug-likeness (QED) is 0.173. The van der Waals surface area contributed by atoms with E-state index in [2.05, 4.69) is 5.32 Å². The molecule has 0 saturated heterocycles. The molecule has 4 aromatic carbocycles. The normalized spacial score (nSPS) is 14.1. The van der Waals surface area contributed by atoms with E-state index < -0.39 is 13.5 Å². The molecule has 0 aromatic heterocycles. The van der Waals surface area contributed by atoms with Crippen LogP contribution in [0, 0.1) is 0 Å². The third kappa shape index (κ3) is 9.54. The molecule has 8 heteroatoms. The van der Waals surface area contributed by atoms with Crippen molar-refractivity contribution in [3.8, 4) is 17.2 Å². The molecule has 0 aliphatic carbocycles. The molecule has 3 N–H and O–H groups in total. The number of rotatable bonds is 15. The third-order valence-electron chi connectivity index (χ3n) is 6.25. The maximum Gasteiger partial charge on any atom is 0.265 e. The average Bonchev–Trinajstić information content (AvgIpc) is 2.99. The molecule has 7 nitrogen and oxygen atoms in total. The molecular formula is C32H36NO6P. The van der Waals surface area contributed by atoms with Crippen LogP contribution >= 0.6 is 7.37 Å². The minimum Gasteiger partial charge on any atom is -0.491 e. The van der Waals surface area contributed by atoms with Crippen LogP contribution in [0.5, 0.6) is 17.2 Å². The van der Waals surface area contributed by atoms with E-state index in [1.807, 2.05) is 91.9 Å². The van der Waals surface area contributed by atoms with Gasteiger partial charge in [0.05, 0.1) is 0 Å². The lowest BCUT2D eigenvalue weighted by Crippen LogP contribution is -2.37. The fourth-order valence-electron chi connectivity index (χ4n) is 4.01. The molecule has 0 bridgehead atoms. The summed E-state index contributed by atoms with van der Waals surface area (Å²) < 4.78 is 29.7. The highest BCUT2D eigenvalue weighted by atomic mass is 31.2. The standard InChI is InChI=1S/C32H36NO6P/c1-25(20-26-12-18-32(19-13-26)40(35,36)24-39-29-10-6-3-7-11-29)33-21-28(34)23-38-31-16-14-30(15-17-31)37-22-27-8-4-2-5-9-27/h2-19,25,28,33-34H,20-24H2,1H3,(H,35,36)/t25-,28+/m1/s1. The van der Waals surface area contributed by atoms with Crippen LogP contribution in [-0.4, -0.2) is 41.6 Å². The average molecular weight is 562 g/mol. The molecule has 0 amide bonds. The first-order chi connectivity index (χ1) is 19.4. The molecule has 1 unspecified atom stereocenters. The van der Waals surface area contributed by atoms with Crippen LogP contribution in [0.4, 0.5) is 0 Å². The molecule has 0 fully saturated rings. The van der Waals surface area contributed by atoms with E-state index >= 15 is 0 Å². The lowest BCUT2D eigenvalue weighted by Gasteiger charge is -2.18. The van der Waals surface area contributed by atoms with E-state index in [-0.39, 0.29) is 19.0 Å². The first-order valence-electron chi connectivity index (χ1n) is 13.3. The van der Waals surface area contributed by atoms with Crippen molar-refractivity contribution in [1.82, 2.24) is 5.32 Å². The second kappa shape index (κ2) is 14.7. The summed E-state index contributed by atoms with van der Waals surface area (Å²) in [6.45, 7) is 3.07. The Hall–Kier alpha value is -3.61. The highest BCUT2D eigenvalue weighted by Crippen LogP contribution is 2.39. The number of para-hydroxylation sites is 1. The van der Waals surface area contributed by atoms with Crippen LogP contribution in [-0.2, 0) is 17.6 Å². The fraction of sp³-hybridized carbons (Fsp3) is 0.250. The minimum absolute atomic E-state index is 0.0869. The van der Waals surface area contributed by atoms with Crippen molar-refractivity contribution in [1.29, 1.82) is 0 Å². The molecule has 0 heterocycles. The molecule has 0 aliphatic heterocycles. The van der Waals surface area contributed by atoms with E-state index in [1.165, 1.54) is 0 Å². The van der Waals surface area contributed by atoms with E-state index in [4.69, 9.17) is 14.2 Å². The van der Waals surface area contributed by atoms with Crippen LogP contribution < -0.4 is 24.8 Å². The van der Waals surface area contributed by atoms with Gasteiger partial charge in [-0.3, -0.25) is 4.57 Å². The number of ether oxygens (including phenoxy) is 3. The highest BCUT2D eigenvalue weighted by Gasteiger charge is 2.22. The van der Waals surface area contributed by atoms with Crippen LogP contribution in [0.3, 0.4) is 0 Å². The molecule has 4 aromatic rings. The Morgan fingerprint density at radius 1 is 0.725 bits per heavy atom. The summed E-state index contributed by atoms with van der Waals surface area (Å²) in [5.41, 5.74) is 2.12. The van der Waals surface area contributed by atoms with Gasteiger partial charge in [-0.1, -0.05) is 60.7 Å². The molecule has 0 saturated carbocycles. The SMILES string of the molecule is C[C@H](Cc1ccc(P(=O)(O)COc2ccccc2)cc1)NC[C@H](O)COc1ccc(OCc2ccccc2)cc1. The number of hydrogen-bond acceptors (Lipinski definition) is 6. The second-order valence-corrected chi connectivity index (χ2v) is 11.9. The topological polar surface area (TPSA) is 97.3 Å². The summed E-state index contributed by atoms with van der Waals surface area (Å²) >= 11 is 0. The first-order valence-corrected chi connectivity index (χ1v) is 15.1. The van der Waals surface area contributed by atoms with Gasteiger partial charge in [0.25, 0.3) is 7.37 Å². The van der Waals surface area contributed by atoms with Crippen molar-refractivity contribution < 1.29 is 28.8 Å². The van der Waals surface area contributed by atoms with Crippen molar-refractivity contribution in [2.24, 2.45) is 0 Å². The summed E-state index contributed by atoms with van der Waals surface area (Å²) in [4.78, 5) is 10.5. The van der Waals surface area contributed by atoms with Gasteiger partial charge in [-0.25, -0.2) is 0 Å². The van der Waals surface area contributed by atoms with Crippen molar-refractivity contribution >= 4 is 12.7 Å². The Morgan fingerprint density at radius 3 is 1.95 bits per heavy atom. The van der Waals surface area contributed by atoms with Gasteiger partial charge in [-0.2, -0.15) is 0 Å². The van der Waals surface area contributed by atoms with Gasteiger partial charge in [0.1, 0.15) is 36.6 Å². The van der Waals surface area contributed by atoms with Gasteiger partial charge in [0.15, 0.2) is 6.35 Å². The zero-order chi connectivity index (χ0) is 28.2. The van der Waals surface area contributed by atoms with Crippen molar-refractivity contribution in [3.05, 3.63) is 120 Å². The molecular weight excluding hydrogens is 525 g/mol. The fourth-order valence-corrected chi connectivity index (χ4v) is 5.09. The number of hydrogen-bond donors (Lipinski definition) is 3. The molecule has 0 aliphatic rings. The van der Waals surface area contributed by atoms with E-state index in [0.29, 0.717) is 36.4 Å². The lowest BCUT2D eigenvalue weighted by atomic mass is 10.1. The van der Waals surface area contributed by atoms with Crippen molar-refractivity contribution in [2.75, 3.05) is 19.5 Å². The van der Waals surface area contributed by atoms with Gasteiger partial charge in [-0.15, -0.1) is 0 Å². The Bertz CT molecular complexity index is 1330. The maximum absolute atomic E-state index is 12.7. The molecule has 4 rings (SSSR count). The van der Waals surface area contributed by atoms with Crippen molar-refractivity contribution in [3.63, 3.8) is 0 Å². The first kappa shape index (κ1) is 29.4. The largest absolute Gasteiger partial charge is 0.491 e. The third-order valence-corrected chi connectivity index (χ3v) is 7.83. The van der Waals surface area contributed by atoms with E-state index in [0.717, 1.165) is 16.9 Å². The predicted molar refractivity (Wildman–Crippen MR) is 158 cm³/mol. The van der Waals surface area contributed by atoms with Gasteiger partial charge < -0.3 is 29.5 Å². The number of aliphatic hydroxyl groups is 1. The number of aliphatic hydroxyl groups excluding tert-OH is 1. The molecule has 0 spiro atoms. The zero-order valence-electron chi connectivity index (χ0n) is 22.6. The highest BCUT2D eigenvalue weighted by molar-refractivity contribution is 7.65. The van der Waals surface area contributed by atoms with Gasteiger partial charge >= 0.3 is 0 Å². The maximum atomic E-state index is 12.7. The van der Waals surface area contributed by atoms with Gasteiger partial charge in [0, 0.05) is 17.9 Å². The molecule has 0 radical (unpaired) electrons. The summed E-state index contributed by atoms with van der Waals surface area (Å²) in [5, 5.41) is 14.0. The van der Waals surface area contributed by atoms with Crippen LogP contribution in [0.1, 0.15) is 18.1 Å². The van der Waals surface area contributed by atoms with Crippen LogP contribution in [0.25, 0.3) is 0 Å².